The van der Waals surface area contributed by atoms with Gasteiger partial charge in [0.15, 0.2) is 0 Å². The van der Waals surface area contributed by atoms with Gasteiger partial charge in [-0.3, -0.25) is 0 Å². The minimum absolute atomic E-state index is 0.773. The molecular weight excluding hydrogens is 220 g/mol. The third-order valence-electron chi connectivity index (χ3n) is 4.84. The van der Waals surface area contributed by atoms with Crippen molar-refractivity contribution in [3.8, 4) is 0 Å². The van der Waals surface area contributed by atoms with E-state index in [1.165, 1.54) is 56.3 Å². The van der Waals surface area contributed by atoms with Gasteiger partial charge < -0.3 is 10.6 Å². The fraction of sp³-hybridized carbons (Fsp3) is 0.625. The largest absolute Gasteiger partial charge is 0.398 e. The normalized spacial score (nSPS) is 27.9. The highest BCUT2D eigenvalue weighted by Crippen LogP contribution is 2.38. The average Bonchev–Trinajstić information content (AvgIpc) is 2.41. The number of hydrogen-bond donors (Lipinski definition) is 1. The number of nitrogen functional groups attached to an aromatic ring is 1. The number of piperidine rings is 1. The molecule has 98 valence electrons. The summed E-state index contributed by atoms with van der Waals surface area (Å²) >= 11 is 0. The molecule has 2 heteroatoms. The van der Waals surface area contributed by atoms with E-state index in [4.69, 9.17) is 5.73 Å². The van der Waals surface area contributed by atoms with E-state index in [1.807, 2.05) is 0 Å². The van der Waals surface area contributed by atoms with Crippen molar-refractivity contribution < 1.29 is 0 Å². The van der Waals surface area contributed by atoms with Gasteiger partial charge in [0.1, 0.15) is 0 Å². The van der Waals surface area contributed by atoms with Gasteiger partial charge in [-0.1, -0.05) is 18.9 Å². The summed E-state index contributed by atoms with van der Waals surface area (Å²) in [5.41, 5.74) is 9.54. The van der Waals surface area contributed by atoms with Crippen molar-refractivity contribution in [3.63, 3.8) is 0 Å². The van der Waals surface area contributed by atoms with Crippen LogP contribution in [0.5, 0.6) is 0 Å². The van der Waals surface area contributed by atoms with Gasteiger partial charge in [0.05, 0.1) is 0 Å². The third kappa shape index (κ3) is 2.09. The van der Waals surface area contributed by atoms with Crippen LogP contribution in [0.1, 0.15) is 44.1 Å². The van der Waals surface area contributed by atoms with Gasteiger partial charge in [0.2, 0.25) is 0 Å². The molecule has 1 saturated heterocycles. The summed E-state index contributed by atoms with van der Waals surface area (Å²) in [6, 6.07) is 7.36. The van der Waals surface area contributed by atoms with Crippen molar-refractivity contribution in [2.75, 3.05) is 17.2 Å². The molecule has 0 amide bonds. The lowest BCUT2D eigenvalue weighted by Gasteiger charge is -2.45. The molecule has 2 fully saturated rings. The first-order valence-electron chi connectivity index (χ1n) is 7.38. The molecular formula is C16H24N2. The summed E-state index contributed by atoms with van der Waals surface area (Å²) in [6.07, 6.45) is 8.42. The lowest BCUT2D eigenvalue weighted by atomic mass is 9.78. The molecule has 2 N–H and O–H groups in total. The summed E-state index contributed by atoms with van der Waals surface area (Å²) < 4.78 is 0. The SMILES string of the molecule is Cc1ccc(N2CCC[C@H]3CCCC[C@H]32)cc1N. The molecule has 0 bridgehead atoms. The quantitative estimate of drug-likeness (QED) is 0.763. The van der Waals surface area contributed by atoms with E-state index in [0.29, 0.717) is 0 Å². The van der Waals surface area contributed by atoms with E-state index in [1.54, 1.807) is 0 Å². The lowest BCUT2D eigenvalue weighted by Crippen LogP contribution is -2.46. The van der Waals surface area contributed by atoms with Crippen LogP contribution in [0.2, 0.25) is 0 Å². The van der Waals surface area contributed by atoms with Crippen molar-refractivity contribution in [2.45, 2.75) is 51.5 Å². The summed E-state index contributed by atoms with van der Waals surface area (Å²) in [4.78, 5) is 2.63. The molecule has 1 aliphatic heterocycles. The molecule has 1 saturated carbocycles. The van der Waals surface area contributed by atoms with Crippen LogP contribution >= 0.6 is 0 Å². The maximum absolute atomic E-state index is 6.07. The zero-order valence-electron chi connectivity index (χ0n) is 11.4. The molecule has 1 aromatic rings. The molecule has 0 aromatic heterocycles. The highest BCUT2D eigenvalue weighted by molar-refractivity contribution is 5.60. The number of aryl methyl sites for hydroxylation is 1. The lowest BCUT2D eigenvalue weighted by molar-refractivity contribution is 0.244. The topological polar surface area (TPSA) is 29.3 Å². The predicted octanol–water partition coefficient (Wildman–Crippen LogP) is 3.74. The molecule has 0 unspecified atom stereocenters. The molecule has 1 heterocycles. The number of hydrogen-bond acceptors (Lipinski definition) is 2. The molecule has 2 atom stereocenters. The van der Waals surface area contributed by atoms with Crippen LogP contribution < -0.4 is 10.6 Å². The van der Waals surface area contributed by atoms with Crippen LogP contribution in [0.4, 0.5) is 11.4 Å². The van der Waals surface area contributed by atoms with E-state index < -0.39 is 0 Å². The summed E-state index contributed by atoms with van der Waals surface area (Å²) in [6.45, 7) is 3.29. The van der Waals surface area contributed by atoms with Crippen LogP contribution in [0.3, 0.4) is 0 Å². The van der Waals surface area contributed by atoms with Crippen LogP contribution in [0.25, 0.3) is 0 Å². The zero-order chi connectivity index (χ0) is 12.5. The highest BCUT2D eigenvalue weighted by atomic mass is 15.2. The van der Waals surface area contributed by atoms with Crippen LogP contribution in [-0.4, -0.2) is 12.6 Å². The van der Waals surface area contributed by atoms with Crippen molar-refractivity contribution in [1.29, 1.82) is 0 Å². The Morgan fingerprint density at radius 1 is 1.11 bits per heavy atom. The van der Waals surface area contributed by atoms with Gasteiger partial charge >= 0.3 is 0 Å². The van der Waals surface area contributed by atoms with Crippen molar-refractivity contribution in [3.05, 3.63) is 23.8 Å². The van der Waals surface area contributed by atoms with Crippen molar-refractivity contribution >= 4 is 11.4 Å². The fourth-order valence-electron chi connectivity index (χ4n) is 3.75. The van der Waals surface area contributed by atoms with Gasteiger partial charge in [-0.15, -0.1) is 0 Å². The maximum Gasteiger partial charge on any atom is 0.0389 e. The number of rotatable bonds is 1. The Hall–Kier alpha value is -1.18. The predicted molar refractivity (Wildman–Crippen MR) is 77.9 cm³/mol. The smallest absolute Gasteiger partial charge is 0.0389 e. The first-order valence-corrected chi connectivity index (χ1v) is 7.38. The molecule has 0 radical (unpaired) electrons. The molecule has 0 spiro atoms. The van der Waals surface area contributed by atoms with Crippen LogP contribution in [-0.2, 0) is 0 Å². The van der Waals surface area contributed by atoms with Gasteiger partial charge in [-0.05, 0) is 56.2 Å². The van der Waals surface area contributed by atoms with E-state index in [-0.39, 0.29) is 0 Å². The minimum Gasteiger partial charge on any atom is -0.398 e. The standard InChI is InChI=1S/C16H24N2/c1-12-8-9-14(11-15(12)17)18-10-4-6-13-5-2-3-7-16(13)18/h8-9,11,13,16H,2-7,10,17H2,1H3/t13-,16-/m1/s1. The van der Waals surface area contributed by atoms with Crippen LogP contribution in [0.15, 0.2) is 18.2 Å². The molecule has 2 nitrogen and oxygen atoms in total. The first kappa shape index (κ1) is 11.9. The highest BCUT2D eigenvalue weighted by Gasteiger charge is 2.33. The number of nitrogens with two attached hydrogens (primary N) is 1. The van der Waals surface area contributed by atoms with Gasteiger partial charge in [-0.25, -0.2) is 0 Å². The maximum atomic E-state index is 6.07. The second-order valence-corrected chi connectivity index (χ2v) is 5.99. The fourth-order valence-corrected chi connectivity index (χ4v) is 3.75. The summed E-state index contributed by atoms with van der Waals surface area (Å²) in [5.74, 6) is 0.926. The van der Waals surface area contributed by atoms with Crippen molar-refractivity contribution in [2.24, 2.45) is 5.92 Å². The molecule has 2 aliphatic rings. The molecule has 1 aromatic carbocycles. The summed E-state index contributed by atoms with van der Waals surface area (Å²) in [7, 11) is 0. The van der Waals surface area contributed by atoms with Gasteiger partial charge in [-0.2, -0.15) is 0 Å². The Labute approximate surface area is 110 Å². The molecule has 18 heavy (non-hydrogen) atoms. The Balaban J connectivity index is 1.87. The minimum atomic E-state index is 0.773. The Morgan fingerprint density at radius 2 is 1.89 bits per heavy atom. The second kappa shape index (κ2) is 4.83. The Morgan fingerprint density at radius 3 is 2.72 bits per heavy atom. The molecule has 3 rings (SSSR count). The van der Waals surface area contributed by atoms with E-state index in [9.17, 15) is 0 Å². The second-order valence-electron chi connectivity index (χ2n) is 5.99. The van der Waals surface area contributed by atoms with E-state index in [0.717, 1.165) is 17.6 Å². The van der Waals surface area contributed by atoms with Gasteiger partial charge in [0.25, 0.3) is 0 Å². The van der Waals surface area contributed by atoms with E-state index >= 15 is 0 Å². The summed E-state index contributed by atoms with van der Waals surface area (Å²) in [5, 5.41) is 0. The number of anilines is 2. The van der Waals surface area contributed by atoms with Gasteiger partial charge in [0, 0.05) is 24.0 Å². The first-order chi connectivity index (χ1) is 8.75. The average molecular weight is 244 g/mol. The number of fused-ring (bicyclic) bond motifs is 1. The number of nitrogens with zero attached hydrogens (tertiary/aromatic N) is 1. The molecule has 1 aliphatic carbocycles. The third-order valence-corrected chi connectivity index (χ3v) is 4.84. The monoisotopic (exact) mass is 244 g/mol. The van der Waals surface area contributed by atoms with E-state index in [2.05, 4.69) is 30.0 Å². The Kier molecular flexibility index (Phi) is 3.19. The zero-order valence-corrected chi connectivity index (χ0v) is 11.4. The number of benzene rings is 1. The Bertz CT molecular complexity index is 425. The van der Waals surface area contributed by atoms with Crippen LogP contribution in [0, 0.1) is 12.8 Å². The van der Waals surface area contributed by atoms with Crippen molar-refractivity contribution in [1.82, 2.24) is 0 Å².